The van der Waals surface area contributed by atoms with Gasteiger partial charge in [0.15, 0.2) is 5.95 Å². The molecule has 0 unspecified atom stereocenters. The highest BCUT2D eigenvalue weighted by molar-refractivity contribution is 5.53. The molecular formula is C6H8N6. The number of nitrogens with two attached hydrogens (primary N) is 1. The predicted octanol–water partition coefficient (Wildman–Crippen LogP) is -0.213. The second kappa shape index (κ2) is 2.33. The van der Waals surface area contributed by atoms with E-state index < -0.39 is 0 Å². The van der Waals surface area contributed by atoms with Gasteiger partial charge in [0, 0.05) is 7.05 Å². The maximum atomic E-state index is 5.40. The molecule has 62 valence electrons. The van der Waals surface area contributed by atoms with Gasteiger partial charge in [-0.2, -0.15) is 0 Å². The zero-order valence-electron chi connectivity index (χ0n) is 6.52. The maximum Gasteiger partial charge on any atom is 0.197 e. The molecule has 0 saturated heterocycles. The summed E-state index contributed by atoms with van der Waals surface area (Å²) in [6.07, 6.45) is 3.41. The number of hydrogen-bond acceptors (Lipinski definition) is 4. The number of hydrogen-bond donors (Lipinski definition) is 2. The van der Waals surface area contributed by atoms with E-state index in [2.05, 4.69) is 20.3 Å². The van der Waals surface area contributed by atoms with Crippen molar-refractivity contribution < 1.29 is 0 Å². The standard InChI is InChI=1S/C6H8N6/c1-12-3-5(10-11-12)4-2-8-6(7)9-4/h2-3H,1H3,(H3,7,8,9). The molecule has 12 heavy (non-hydrogen) atoms. The Balaban J connectivity index is 2.43. The third-order valence-corrected chi connectivity index (χ3v) is 1.47. The Kier molecular flexibility index (Phi) is 1.33. The number of nitrogens with zero attached hydrogens (tertiary/aromatic N) is 4. The Morgan fingerprint density at radius 2 is 2.42 bits per heavy atom. The first kappa shape index (κ1) is 6.84. The van der Waals surface area contributed by atoms with Crippen molar-refractivity contribution in [3.63, 3.8) is 0 Å². The van der Waals surface area contributed by atoms with Gasteiger partial charge in [-0.3, -0.25) is 4.68 Å². The van der Waals surface area contributed by atoms with Crippen molar-refractivity contribution in [2.45, 2.75) is 0 Å². The summed E-state index contributed by atoms with van der Waals surface area (Å²) in [5.74, 6) is 0.385. The van der Waals surface area contributed by atoms with Gasteiger partial charge in [0.2, 0.25) is 0 Å². The van der Waals surface area contributed by atoms with Crippen molar-refractivity contribution >= 4 is 5.95 Å². The van der Waals surface area contributed by atoms with Gasteiger partial charge in [-0.25, -0.2) is 4.98 Å². The SMILES string of the molecule is Cn1cc(-c2cnc(N)[nH]2)nn1. The molecule has 0 atom stereocenters. The summed E-state index contributed by atoms with van der Waals surface area (Å²) < 4.78 is 1.62. The molecule has 0 spiro atoms. The predicted molar refractivity (Wildman–Crippen MR) is 43.0 cm³/mol. The summed E-state index contributed by atoms with van der Waals surface area (Å²) in [7, 11) is 1.80. The number of rotatable bonds is 1. The van der Waals surface area contributed by atoms with Gasteiger partial charge in [0.25, 0.3) is 0 Å². The van der Waals surface area contributed by atoms with E-state index in [0.29, 0.717) is 5.95 Å². The second-order valence-corrected chi connectivity index (χ2v) is 2.46. The minimum atomic E-state index is 0.385. The molecular weight excluding hydrogens is 156 g/mol. The van der Waals surface area contributed by atoms with E-state index in [-0.39, 0.29) is 0 Å². The summed E-state index contributed by atoms with van der Waals surface area (Å²) >= 11 is 0. The lowest BCUT2D eigenvalue weighted by Gasteiger charge is -1.85. The average Bonchev–Trinajstić information content (AvgIpc) is 2.58. The molecule has 0 saturated carbocycles. The van der Waals surface area contributed by atoms with Crippen LogP contribution in [0.4, 0.5) is 5.95 Å². The molecule has 0 aliphatic carbocycles. The van der Waals surface area contributed by atoms with Gasteiger partial charge < -0.3 is 10.7 Å². The lowest BCUT2D eigenvalue weighted by atomic mass is 10.4. The van der Waals surface area contributed by atoms with Crippen molar-refractivity contribution in [1.29, 1.82) is 0 Å². The van der Waals surface area contributed by atoms with E-state index in [1.807, 2.05) is 0 Å². The normalized spacial score (nSPS) is 10.4. The molecule has 3 N–H and O–H groups in total. The first-order valence-electron chi connectivity index (χ1n) is 3.43. The van der Waals surface area contributed by atoms with E-state index >= 15 is 0 Å². The largest absolute Gasteiger partial charge is 0.369 e. The van der Waals surface area contributed by atoms with Crippen LogP contribution in [0.1, 0.15) is 0 Å². The van der Waals surface area contributed by atoms with Crippen LogP contribution in [-0.2, 0) is 7.05 Å². The maximum absolute atomic E-state index is 5.40. The number of nitrogen functional groups attached to an aromatic ring is 1. The van der Waals surface area contributed by atoms with Crippen molar-refractivity contribution in [3.05, 3.63) is 12.4 Å². The van der Waals surface area contributed by atoms with E-state index in [1.165, 1.54) is 0 Å². The highest BCUT2D eigenvalue weighted by atomic mass is 15.4. The van der Waals surface area contributed by atoms with Gasteiger partial charge in [-0.15, -0.1) is 5.10 Å². The summed E-state index contributed by atoms with van der Waals surface area (Å²) in [6, 6.07) is 0. The molecule has 2 rings (SSSR count). The van der Waals surface area contributed by atoms with Crippen LogP contribution in [0.2, 0.25) is 0 Å². The minimum absolute atomic E-state index is 0.385. The highest BCUT2D eigenvalue weighted by Gasteiger charge is 2.03. The van der Waals surface area contributed by atoms with Gasteiger partial charge in [0.05, 0.1) is 18.1 Å². The number of aryl methyl sites for hydroxylation is 1. The summed E-state index contributed by atoms with van der Waals surface area (Å²) in [5, 5.41) is 7.67. The van der Waals surface area contributed by atoms with Crippen molar-refractivity contribution in [1.82, 2.24) is 25.0 Å². The van der Waals surface area contributed by atoms with Crippen molar-refractivity contribution in [2.24, 2.45) is 7.05 Å². The topological polar surface area (TPSA) is 85.4 Å². The summed E-state index contributed by atoms with van der Waals surface area (Å²) in [5.41, 5.74) is 6.92. The quantitative estimate of drug-likeness (QED) is 0.610. The van der Waals surface area contributed by atoms with Crippen molar-refractivity contribution in [3.8, 4) is 11.4 Å². The first-order chi connectivity index (χ1) is 5.75. The Bertz CT molecular complexity index is 348. The average molecular weight is 164 g/mol. The van der Waals surface area contributed by atoms with Crippen LogP contribution in [-0.4, -0.2) is 25.0 Å². The van der Waals surface area contributed by atoms with Crippen molar-refractivity contribution in [2.75, 3.05) is 5.73 Å². The summed E-state index contributed by atoms with van der Waals surface area (Å²) in [4.78, 5) is 6.70. The van der Waals surface area contributed by atoms with E-state index in [0.717, 1.165) is 11.4 Å². The number of aromatic amines is 1. The van der Waals surface area contributed by atoms with E-state index in [9.17, 15) is 0 Å². The summed E-state index contributed by atoms with van der Waals surface area (Å²) in [6.45, 7) is 0. The van der Waals surface area contributed by atoms with Gasteiger partial charge in [0.1, 0.15) is 5.69 Å². The van der Waals surface area contributed by atoms with E-state index in [4.69, 9.17) is 5.73 Å². The molecule has 0 aliphatic heterocycles. The van der Waals surface area contributed by atoms with Crippen LogP contribution >= 0.6 is 0 Å². The van der Waals surface area contributed by atoms with E-state index in [1.54, 1.807) is 24.1 Å². The lowest BCUT2D eigenvalue weighted by molar-refractivity contribution is 0.715. The smallest absolute Gasteiger partial charge is 0.197 e. The molecule has 0 fully saturated rings. The Hall–Kier alpha value is -1.85. The monoisotopic (exact) mass is 164 g/mol. The Labute approximate surface area is 68.4 Å². The number of anilines is 1. The molecule has 2 heterocycles. The minimum Gasteiger partial charge on any atom is -0.369 e. The fourth-order valence-corrected chi connectivity index (χ4v) is 0.938. The molecule has 0 amide bonds. The molecule has 0 radical (unpaired) electrons. The number of H-pyrrole nitrogens is 1. The number of nitrogens with one attached hydrogen (secondary N) is 1. The van der Waals surface area contributed by atoms with Crippen LogP contribution in [0.3, 0.4) is 0 Å². The Morgan fingerprint density at radius 3 is 2.92 bits per heavy atom. The van der Waals surface area contributed by atoms with Gasteiger partial charge in [-0.1, -0.05) is 5.21 Å². The molecule has 6 nitrogen and oxygen atoms in total. The zero-order valence-corrected chi connectivity index (χ0v) is 6.52. The third kappa shape index (κ3) is 1.03. The zero-order chi connectivity index (χ0) is 8.55. The lowest BCUT2D eigenvalue weighted by Crippen LogP contribution is -1.85. The van der Waals surface area contributed by atoms with Gasteiger partial charge in [-0.05, 0) is 0 Å². The van der Waals surface area contributed by atoms with Crippen LogP contribution in [0.25, 0.3) is 11.4 Å². The van der Waals surface area contributed by atoms with Crippen LogP contribution in [0.15, 0.2) is 12.4 Å². The molecule has 0 bridgehead atoms. The first-order valence-corrected chi connectivity index (χ1v) is 3.43. The number of aromatic nitrogens is 5. The van der Waals surface area contributed by atoms with Crippen LogP contribution < -0.4 is 5.73 Å². The fraction of sp³-hybridized carbons (Fsp3) is 0.167. The van der Waals surface area contributed by atoms with Gasteiger partial charge >= 0.3 is 0 Å². The molecule has 2 aromatic heterocycles. The molecule has 0 aliphatic rings. The molecule has 0 aromatic carbocycles. The highest BCUT2D eigenvalue weighted by Crippen LogP contribution is 2.12. The van der Waals surface area contributed by atoms with Crippen LogP contribution in [0.5, 0.6) is 0 Å². The Morgan fingerprint density at radius 1 is 1.58 bits per heavy atom. The molecule has 2 aromatic rings. The second-order valence-electron chi connectivity index (χ2n) is 2.46. The number of imidazole rings is 1. The molecule has 6 heteroatoms. The van der Waals surface area contributed by atoms with Crippen LogP contribution in [0, 0.1) is 0 Å². The fourth-order valence-electron chi connectivity index (χ4n) is 0.938. The third-order valence-electron chi connectivity index (χ3n) is 1.47.